The number of thiocarbonyl (C=S) groups is 1. The van der Waals surface area contributed by atoms with Crippen LogP contribution in [0.3, 0.4) is 0 Å². The first-order chi connectivity index (χ1) is 9.11. The summed E-state index contributed by atoms with van der Waals surface area (Å²) in [5.41, 5.74) is 6.99. The average Bonchev–Trinajstić information content (AvgIpc) is 2.41. The van der Waals surface area contributed by atoms with Gasteiger partial charge in [0.15, 0.2) is 0 Å². The number of hydrogen-bond donors (Lipinski definition) is 1. The lowest BCUT2D eigenvalue weighted by molar-refractivity contribution is 0.136. The molecule has 1 aliphatic heterocycles. The van der Waals surface area contributed by atoms with Gasteiger partial charge >= 0.3 is 0 Å². The van der Waals surface area contributed by atoms with Crippen molar-refractivity contribution in [1.29, 1.82) is 0 Å². The number of nitrogens with zero attached hydrogens (tertiary/aromatic N) is 1. The molecule has 19 heavy (non-hydrogen) atoms. The van der Waals surface area contributed by atoms with E-state index in [0.717, 1.165) is 18.7 Å². The minimum atomic E-state index is -0.332. The lowest BCUT2D eigenvalue weighted by Gasteiger charge is -2.35. The van der Waals surface area contributed by atoms with E-state index in [1.54, 1.807) is 6.07 Å². The molecule has 1 aliphatic rings. The third kappa shape index (κ3) is 3.51. The molecule has 2 nitrogen and oxygen atoms in total. The summed E-state index contributed by atoms with van der Waals surface area (Å²) in [6, 6.07) is 5.73. The van der Waals surface area contributed by atoms with Crippen LogP contribution in [0.2, 0.25) is 0 Å². The molecule has 1 unspecified atom stereocenters. The lowest BCUT2D eigenvalue weighted by Crippen LogP contribution is -2.38. The molecular formula is C15H21FN2S. The molecule has 0 saturated carbocycles. The van der Waals surface area contributed by atoms with Crippen molar-refractivity contribution in [3.05, 3.63) is 35.1 Å². The van der Waals surface area contributed by atoms with E-state index in [1.165, 1.54) is 31.7 Å². The van der Waals surface area contributed by atoms with Crippen LogP contribution in [-0.2, 0) is 6.54 Å². The monoisotopic (exact) mass is 280 g/mol. The Morgan fingerprint density at radius 3 is 2.95 bits per heavy atom. The molecule has 1 fully saturated rings. The minimum absolute atomic E-state index is 0.130. The average molecular weight is 280 g/mol. The predicted octanol–water partition coefficient (Wildman–Crippen LogP) is 3.22. The molecule has 0 spiro atoms. The van der Waals surface area contributed by atoms with Crippen molar-refractivity contribution >= 4 is 17.2 Å². The maximum atomic E-state index is 13.6. The van der Waals surface area contributed by atoms with Crippen molar-refractivity contribution in [2.45, 2.75) is 45.2 Å². The Bertz CT molecular complexity index is 461. The fourth-order valence-corrected chi connectivity index (χ4v) is 2.98. The highest BCUT2D eigenvalue weighted by atomic mass is 32.1. The summed E-state index contributed by atoms with van der Waals surface area (Å²) in [6.07, 6.45) is 5.00. The van der Waals surface area contributed by atoms with Gasteiger partial charge in [-0.1, -0.05) is 31.6 Å². The van der Waals surface area contributed by atoms with Crippen LogP contribution in [0.1, 0.15) is 43.7 Å². The highest BCUT2D eigenvalue weighted by Crippen LogP contribution is 2.22. The van der Waals surface area contributed by atoms with E-state index >= 15 is 0 Å². The molecule has 2 rings (SSSR count). The Kier molecular flexibility index (Phi) is 4.88. The van der Waals surface area contributed by atoms with Gasteiger partial charge in [-0.05, 0) is 43.5 Å². The zero-order valence-corrected chi connectivity index (χ0v) is 12.2. The quantitative estimate of drug-likeness (QED) is 0.859. The molecule has 1 heterocycles. The second-order valence-corrected chi connectivity index (χ2v) is 5.65. The summed E-state index contributed by atoms with van der Waals surface area (Å²) >= 11 is 4.88. The third-order valence-corrected chi connectivity index (χ3v) is 4.12. The summed E-state index contributed by atoms with van der Waals surface area (Å²) in [5, 5.41) is 0. The van der Waals surface area contributed by atoms with Crippen LogP contribution < -0.4 is 5.73 Å². The number of benzene rings is 1. The Labute approximate surface area is 119 Å². The molecule has 2 N–H and O–H groups in total. The smallest absolute Gasteiger partial charge is 0.133 e. The molecule has 4 heteroatoms. The van der Waals surface area contributed by atoms with Gasteiger partial charge in [-0.25, -0.2) is 4.39 Å². The van der Waals surface area contributed by atoms with E-state index < -0.39 is 0 Å². The summed E-state index contributed by atoms with van der Waals surface area (Å²) in [7, 11) is 0. The number of rotatable bonds is 4. The standard InChI is InChI=1S/C15H21FN2S/c1-2-12-5-3-4-8-18(12)10-11-6-7-14(16)13(9-11)15(17)19/h6-7,9,12H,2-5,8,10H2,1H3,(H2,17,19). The van der Waals surface area contributed by atoms with E-state index in [0.29, 0.717) is 11.6 Å². The summed E-state index contributed by atoms with van der Waals surface area (Å²) in [6.45, 7) is 4.21. The van der Waals surface area contributed by atoms with E-state index in [4.69, 9.17) is 18.0 Å². The van der Waals surface area contributed by atoms with Gasteiger partial charge in [-0.2, -0.15) is 0 Å². The molecule has 0 radical (unpaired) electrons. The first-order valence-corrected chi connectivity index (χ1v) is 7.35. The Balaban J connectivity index is 2.14. The van der Waals surface area contributed by atoms with Gasteiger partial charge in [0.25, 0.3) is 0 Å². The van der Waals surface area contributed by atoms with Crippen molar-refractivity contribution in [2.24, 2.45) is 5.73 Å². The SMILES string of the molecule is CCC1CCCCN1Cc1ccc(F)c(C(N)=S)c1. The molecule has 0 aliphatic carbocycles. The van der Waals surface area contributed by atoms with Crippen LogP contribution in [0.25, 0.3) is 0 Å². The molecule has 104 valence electrons. The van der Waals surface area contributed by atoms with Crippen LogP contribution in [0.15, 0.2) is 18.2 Å². The first-order valence-electron chi connectivity index (χ1n) is 6.94. The van der Waals surface area contributed by atoms with Gasteiger partial charge in [0.05, 0.1) is 0 Å². The van der Waals surface area contributed by atoms with Gasteiger partial charge in [0, 0.05) is 18.2 Å². The second-order valence-electron chi connectivity index (χ2n) is 5.21. The van der Waals surface area contributed by atoms with Crippen molar-refractivity contribution in [3.8, 4) is 0 Å². The van der Waals surface area contributed by atoms with E-state index in [-0.39, 0.29) is 10.8 Å². The first kappa shape index (κ1) is 14.4. The van der Waals surface area contributed by atoms with Crippen molar-refractivity contribution in [3.63, 3.8) is 0 Å². The van der Waals surface area contributed by atoms with Crippen molar-refractivity contribution in [2.75, 3.05) is 6.54 Å². The molecule has 1 aromatic carbocycles. The maximum Gasteiger partial charge on any atom is 0.133 e. The number of likely N-dealkylation sites (tertiary alicyclic amines) is 1. The number of nitrogens with two attached hydrogens (primary N) is 1. The third-order valence-electron chi connectivity index (χ3n) is 3.90. The minimum Gasteiger partial charge on any atom is -0.389 e. The topological polar surface area (TPSA) is 29.3 Å². The van der Waals surface area contributed by atoms with Crippen molar-refractivity contribution in [1.82, 2.24) is 4.90 Å². The van der Waals surface area contributed by atoms with Crippen LogP contribution in [-0.4, -0.2) is 22.5 Å². The second kappa shape index (κ2) is 6.44. The van der Waals surface area contributed by atoms with E-state index in [9.17, 15) is 4.39 Å². The predicted molar refractivity (Wildman–Crippen MR) is 80.6 cm³/mol. The molecule has 0 aromatic heterocycles. The van der Waals surface area contributed by atoms with Gasteiger partial charge in [0.2, 0.25) is 0 Å². The fraction of sp³-hybridized carbons (Fsp3) is 0.533. The summed E-state index contributed by atoms with van der Waals surface area (Å²) in [4.78, 5) is 2.62. The number of piperidine rings is 1. The van der Waals surface area contributed by atoms with Crippen LogP contribution >= 0.6 is 12.2 Å². The Morgan fingerprint density at radius 1 is 1.47 bits per heavy atom. The van der Waals surface area contributed by atoms with Gasteiger partial charge in [-0.15, -0.1) is 0 Å². The lowest BCUT2D eigenvalue weighted by atomic mass is 9.99. The normalized spacial score (nSPS) is 20.4. The Morgan fingerprint density at radius 2 is 2.26 bits per heavy atom. The van der Waals surface area contributed by atoms with Gasteiger partial charge in [0.1, 0.15) is 10.8 Å². The van der Waals surface area contributed by atoms with Crippen LogP contribution in [0.5, 0.6) is 0 Å². The number of halogens is 1. The van der Waals surface area contributed by atoms with Gasteiger partial charge < -0.3 is 5.73 Å². The summed E-state index contributed by atoms with van der Waals surface area (Å²) < 4.78 is 13.6. The van der Waals surface area contributed by atoms with E-state index in [1.807, 2.05) is 6.07 Å². The highest BCUT2D eigenvalue weighted by Gasteiger charge is 2.21. The maximum absolute atomic E-state index is 13.6. The molecule has 1 aromatic rings. The highest BCUT2D eigenvalue weighted by molar-refractivity contribution is 7.80. The molecule has 1 atom stereocenters. The van der Waals surface area contributed by atoms with Gasteiger partial charge in [-0.3, -0.25) is 4.90 Å². The summed E-state index contributed by atoms with van der Waals surface area (Å²) in [5.74, 6) is -0.332. The van der Waals surface area contributed by atoms with Crippen LogP contribution in [0.4, 0.5) is 4.39 Å². The molecule has 1 saturated heterocycles. The fourth-order valence-electron chi connectivity index (χ4n) is 2.82. The largest absolute Gasteiger partial charge is 0.389 e. The van der Waals surface area contributed by atoms with E-state index in [2.05, 4.69) is 11.8 Å². The molecular weight excluding hydrogens is 259 g/mol. The van der Waals surface area contributed by atoms with Crippen LogP contribution in [0, 0.1) is 5.82 Å². The molecule has 0 amide bonds. The molecule has 0 bridgehead atoms. The number of hydrogen-bond acceptors (Lipinski definition) is 2. The zero-order valence-electron chi connectivity index (χ0n) is 11.4. The zero-order chi connectivity index (χ0) is 13.8. The Hall–Kier alpha value is -1.00. The van der Waals surface area contributed by atoms with Crippen molar-refractivity contribution < 1.29 is 4.39 Å².